The summed E-state index contributed by atoms with van der Waals surface area (Å²) in [5, 5.41) is 8.63. The average molecular weight is 335 g/mol. The van der Waals surface area contributed by atoms with E-state index in [1.54, 1.807) is 0 Å². The minimum atomic E-state index is -3.76. The van der Waals surface area contributed by atoms with Gasteiger partial charge in [0.05, 0.1) is 4.90 Å². The van der Waals surface area contributed by atoms with Crippen LogP contribution in [0, 0.1) is 5.92 Å². The zero-order valence-corrected chi connectivity index (χ0v) is 12.2. The third-order valence-corrected chi connectivity index (χ3v) is 4.92. The van der Waals surface area contributed by atoms with E-state index in [-0.39, 0.29) is 29.0 Å². The molecule has 1 fully saturated rings. The molecule has 1 aromatic rings. The highest BCUT2D eigenvalue weighted by Gasteiger charge is 2.33. The van der Waals surface area contributed by atoms with E-state index in [4.69, 9.17) is 5.11 Å². The Kier molecular flexibility index (Phi) is 4.97. The average Bonchev–Trinajstić information content (AvgIpc) is 2.35. The van der Waals surface area contributed by atoms with Gasteiger partial charge >= 0.3 is 12.6 Å². The Balaban J connectivity index is 1.92. The standard InChI is InChI=1S/C13H15F2NO5S/c14-13(15)21-10-1-3-11(4-2-10)22(19,20)16-9-5-8(6-9)7-12(17)18/h1-4,8-9,13,16H,5-7H2,(H,17,18). The molecule has 22 heavy (non-hydrogen) atoms. The monoisotopic (exact) mass is 335 g/mol. The highest BCUT2D eigenvalue weighted by molar-refractivity contribution is 7.89. The number of carboxylic acid groups (broad SMARTS) is 1. The molecule has 0 aromatic heterocycles. The smallest absolute Gasteiger partial charge is 0.387 e. The lowest BCUT2D eigenvalue weighted by Crippen LogP contribution is -2.44. The number of nitrogens with one attached hydrogen (secondary N) is 1. The molecule has 2 N–H and O–H groups in total. The first-order valence-corrected chi connectivity index (χ1v) is 8.03. The number of carbonyl (C=O) groups is 1. The summed E-state index contributed by atoms with van der Waals surface area (Å²) in [6.07, 6.45) is 0.966. The first-order chi connectivity index (χ1) is 10.3. The number of aliphatic carboxylic acids is 1. The summed E-state index contributed by atoms with van der Waals surface area (Å²) in [4.78, 5) is 10.5. The maximum absolute atomic E-state index is 12.1. The molecule has 1 aliphatic carbocycles. The van der Waals surface area contributed by atoms with Crippen molar-refractivity contribution in [3.8, 4) is 5.75 Å². The molecule has 0 unspecified atom stereocenters. The van der Waals surface area contributed by atoms with Crippen LogP contribution in [0.5, 0.6) is 5.75 Å². The lowest BCUT2D eigenvalue weighted by Gasteiger charge is -2.34. The van der Waals surface area contributed by atoms with Crippen molar-refractivity contribution in [2.75, 3.05) is 0 Å². The maximum Gasteiger partial charge on any atom is 0.387 e. The highest BCUT2D eigenvalue weighted by Crippen LogP contribution is 2.31. The molecule has 9 heteroatoms. The van der Waals surface area contributed by atoms with Crippen molar-refractivity contribution in [3.63, 3.8) is 0 Å². The largest absolute Gasteiger partial charge is 0.481 e. The van der Waals surface area contributed by atoms with Crippen LogP contribution in [0.1, 0.15) is 19.3 Å². The van der Waals surface area contributed by atoms with Crippen LogP contribution >= 0.6 is 0 Å². The molecule has 0 amide bonds. The van der Waals surface area contributed by atoms with Crippen LogP contribution in [0.3, 0.4) is 0 Å². The SMILES string of the molecule is O=C(O)CC1CC(NS(=O)(=O)c2ccc(OC(F)F)cc2)C1. The maximum atomic E-state index is 12.1. The molecule has 1 aliphatic rings. The van der Waals surface area contributed by atoms with Crippen LogP contribution in [0.4, 0.5) is 8.78 Å². The number of carboxylic acids is 1. The van der Waals surface area contributed by atoms with Gasteiger partial charge in [0.15, 0.2) is 0 Å². The quantitative estimate of drug-likeness (QED) is 0.793. The minimum absolute atomic E-state index is 0.0213. The van der Waals surface area contributed by atoms with Gasteiger partial charge in [-0.2, -0.15) is 8.78 Å². The Morgan fingerprint density at radius 2 is 1.91 bits per heavy atom. The summed E-state index contributed by atoms with van der Waals surface area (Å²) in [6.45, 7) is -2.97. The summed E-state index contributed by atoms with van der Waals surface area (Å²) in [5.41, 5.74) is 0. The number of rotatable bonds is 7. The lowest BCUT2D eigenvalue weighted by molar-refractivity contribution is -0.138. The normalized spacial score (nSPS) is 21.4. The fraction of sp³-hybridized carbons (Fsp3) is 0.462. The van der Waals surface area contributed by atoms with Gasteiger partial charge in [-0.15, -0.1) is 0 Å². The topological polar surface area (TPSA) is 92.7 Å². The molecular weight excluding hydrogens is 320 g/mol. The van der Waals surface area contributed by atoms with Gasteiger partial charge in [0.1, 0.15) is 5.75 Å². The molecule has 0 heterocycles. The van der Waals surface area contributed by atoms with E-state index in [1.807, 2.05) is 0 Å². The second-order valence-electron chi connectivity index (χ2n) is 5.10. The van der Waals surface area contributed by atoms with E-state index in [0.717, 1.165) is 12.1 Å². The van der Waals surface area contributed by atoms with Crippen LogP contribution in [-0.2, 0) is 14.8 Å². The molecule has 0 aliphatic heterocycles. The molecule has 0 atom stereocenters. The van der Waals surface area contributed by atoms with Crippen molar-refractivity contribution in [2.45, 2.75) is 36.8 Å². The highest BCUT2D eigenvalue weighted by atomic mass is 32.2. The van der Waals surface area contributed by atoms with Crippen LogP contribution < -0.4 is 9.46 Å². The zero-order chi connectivity index (χ0) is 16.3. The second-order valence-corrected chi connectivity index (χ2v) is 6.82. The molecule has 1 saturated carbocycles. The van der Waals surface area contributed by atoms with Gasteiger partial charge in [-0.25, -0.2) is 13.1 Å². The fourth-order valence-electron chi connectivity index (χ4n) is 2.33. The number of benzene rings is 1. The summed E-state index contributed by atoms with van der Waals surface area (Å²) >= 11 is 0. The van der Waals surface area contributed by atoms with Crippen LogP contribution in [0.2, 0.25) is 0 Å². The van der Waals surface area contributed by atoms with Crippen molar-refractivity contribution in [1.29, 1.82) is 0 Å². The molecule has 2 rings (SSSR count). The van der Waals surface area contributed by atoms with E-state index >= 15 is 0 Å². The first kappa shape index (κ1) is 16.6. The van der Waals surface area contributed by atoms with E-state index in [9.17, 15) is 22.0 Å². The molecule has 0 spiro atoms. The van der Waals surface area contributed by atoms with Crippen LogP contribution in [-0.4, -0.2) is 32.1 Å². The van der Waals surface area contributed by atoms with E-state index in [1.165, 1.54) is 12.1 Å². The molecule has 1 aromatic carbocycles. The molecule has 0 radical (unpaired) electrons. The second kappa shape index (κ2) is 6.57. The Hall–Kier alpha value is -1.74. The van der Waals surface area contributed by atoms with Gasteiger partial charge in [0.2, 0.25) is 10.0 Å². The number of hydrogen-bond acceptors (Lipinski definition) is 4. The molecule has 0 bridgehead atoms. The van der Waals surface area contributed by atoms with Gasteiger partial charge in [0, 0.05) is 12.5 Å². The Bertz CT molecular complexity index is 626. The first-order valence-electron chi connectivity index (χ1n) is 6.55. The van der Waals surface area contributed by atoms with Crippen molar-refractivity contribution in [2.24, 2.45) is 5.92 Å². The van der Waals surface area contributed by atoms with Gasteiger partial charge in [-0.1, -0.05) is 0 Å². The molecular formula is C13H15F2NO5S. The summed E-state index contributed by atoms with van der Waals surface area (Å²) in [7, 11) is -3.76. The van der Waals surface area contributed by atoms with Crippen molar-refractivity contribution >= 4 is 16.0 Å². The summed E-state index contributed by atoms with van der Waals surface area (Å²) < 4.78 is 54.8. The minimum Gasteiger partial charge on any atom is -0.481 e. The van der Waals surface area contributed by atoms with E-state index in [2.05, 4.69) is 9.46 Å². The van der Waals surface area contributed by atoms with Crippen LogP contribution in [0.25, 0.3) is 0 Å². The van der Waals surface area contributed by atoms with Gasteiger partial charge in [-0.3, -0.25) is 4.79 Å². The molecule has 122 valence electrons. The summed E-state index contributed by atoms with van der Waals surface area (Å²) in [5.74, 6) is -1.05. The van der Waals surface area contributed by atoms with Gasteiger partial charge in [0.25, 0.3) is 0 Å². The van der Waals surface area contributed by atoms with Crippen molar-refractivity contribution < 1.29 is 31.8 Å². The summed E-state index contributed by atoms with van der Waals surface area (Å²) in [6, 6.07) is 4.34. The number of sulfonamides is 1. The van der Waals surface area contributed by atoms with Gasteiger partial charge in [-0.05, 0) is 43.0 Å². The Morgan fingerprint density at radius 3 is 2.41 bits per heavy atom. The number of ether oxygens (including phenoxy) is 1. The van der Waals surface area contributed by atoms with E-state index in [0.29, 0.717) is 12.8 Å². The number of halogens is 2. The predicted molar refractivity (Wildman–Crippen MR) is 72.2 cm³/mol. The Morgan fingerprint density at radius 1 is 1.32 bits per heavy atom. The lowest BCUT2D eigenvalue weighted by atomic mass is 9.79. The third kappa shape index (κ3) is 4.38. The van der Waals surface area contributed by atoms with E-state index < -0.39 is 22.6 Å². The molecule has 6 nitrogen and oxygen atoms in total. The van der Waals surface area contributed by atoms with Crippen LogP contribution in [0.15, 0.2) is 29.2 Å². The number of hydrogen-bond donors (Lipinski definition) is 2. The molecule has 0 saturated heterocycles. The number of alkyl halides is 2. The van der Waals surface area contributed by atoms with Crippen molar-refractivity contribution in [1.82, 2.24) is 4.72 Å². The zero-order valence-electron chi connectivity index (χ0n) is 11.4. The predicted octanol–water partition coefficient (Wildman–Crippen LogP) is 1.82. The van der Waals surface area contributed by atoms with Crippen molar-refractivity contribution in [3.05, 3.63) is 24.3 Å². The Labute approximate surface area is 126 Å². The van der Waals surface area contributed by atoms with Gasteiger partial charge < -0.3 is 9.84 Å². The fourth-order valence-corrected chi connectivity index (χ4v) is 3.59. The third-order valence-electron chi connectivity index (χ3n) is 3.38.